The van der Waals surface area contributed by atoms with Gasteiger partial charge in [0.1, 0.15) is 0 Å². The van der Waals surface area contributed by atoms with E-state index in [1.165, 1.54) is 12.8 Å². The van der Waals surface area contributed by atoms with Crippen molar-refractivity contribution in [2.75, 3.05) is 0 Å². The van der Waals surface area contributed by atoms with Crippen LogP contribution in [0.5, 0.6) is 0 Å². The van der Waals surface area contributed by atoms with E-state index in [9.17, 15) is 4.79 Å². The van der Waals surface area contributed by atoms with Crippen LogP contribution in [0.25, 0.3) is 0 Å². The number of halogens is 2. The third-order valence-corrected chi connectivity index (χ3v) is 5.45. The van der Waals surface area contributed by atoms with Crippen molar-refractivity contribution in [1.82, 2.24) is 5.32 Å². The number of benzene rings is 1. The normalized spacial score (nSPS) is 16.4. The summed E-state index contributed by atoms with van der Waals surface area (Å²) in [5.41, 5.74) is 0.766. The SMILES string of the molecule is O=C(NC1CCCC1)c1cccc(Br)c1I. The van der Waals surface area contributed by atoms with Crippen LogP contribution in [0.4, 0.5) is 0 Å². The molecule has 0 heterocycles. The summed E-state index contributed by atoms with van der Waals surface area (Å²) in [7, 11) is 0. The molecule has 0 saturated heterocycles. The number of amides is 1. The van der Waals surface area contributed by atoms with E-state index < -0.39 is 0 Å². The van der Waals surface area contributed by atoms with Gasteiger partial charge in [-0.3, -0.25) is 4.79 Å². The summed E-state index contributed by atoms with van der Waals surface area (Å²) in [6, 6.07) is 6.10. The van der Waals surface area contributed by atoms with Gasteiger partial charge in [0.2, 0.25) is 0 Å². The highest BCUT2D eigenvalue weighted by Gasteiger charge is 2.19. The fourth-order valence-electron chi connectivity index (χ4n) is 2.01. The monoisotopic (exact) mass is 393 g/mol. The molecule has 0 aliphatic heterocycles. The van der Waals surface area contributed by atoms with E-state index in [4.69, 9.17) is 0 Å². The van der Waals surface area contributed by atoms with Crippen LogP contribution < -0.4 is 5.32 Å². The van der Waals surface area contributed by atoms with Crippen LogP contribution in [-0.4, -0.2) is 11.9 Å². The molecular weight excluding hydrogens is 381 g/mol. The molecule has 1 N–H and O–H groups in total. The predicted molar refractivity (Wildman–Crippen MR) is 76.6 cm³/mol. The van der Waals surface area contributed by atoms with Crippen LogP contribution in [0.3, 0.4) is 0 Å². The van der Waals surface area contributed by atoms with Crippen molar-refractivity contribution in [1.29, 1.82) is 0 Å². The molecular formula is C12H13BrINO. The predicted octanol–water partition coefficient (Wildman–Crippen LogP) is 3.73. The molecule has 1 aromatic carbocycles. The summed E-state index contributed by atoms with van der Waals surface area (Å²) >= 11 is 5.64. The fourth-order valence-corrected chi connectivity index (χ4v) is 2.98. The largest absolute Gasteiger partial charge is 0.349 e. The second-order valence-corrected chi connectivity index (χ2v) is 5.99. The Bertz CT molecular complexity index is 402. The minimum Gasteiger partial charge on any atom is -0.349 e. The molecule has 0 bridgehead atoms. The highest BCUT2D eigenvalue weighted by atomic mass is 127. The first kappa shape index (κ1) is 12.4. The quantitative estimate of drug-likeness (QED) is 0.762. The standard InChI is InChI=1S/C12H13BrINO/c13-10-7-3-6-9(11(10)14)12(16)15-8-4-1-2-5-8/h3,6-8H,1-2,4-5H2,(H,15,16). The van der Waals surface area contributed by atoms with Crippen LogP contribution in [-0.2, 0) is 0 Å². The minimum absolute atomic E-state index is 0.0533. The summed E-state index contributed by atoms with van der Waals surface area (Å²) in [5.74, 6) is 0.0533. The van der Waals surface area contributed by atoms with Gasteiger partial charge in [0.25, 0.3) is 5.91 Å². The number of nitrogens with one attached hydrogen (secondary N) is 1. The zero-order chi connectivity index (χ0) is 11.5. The van der Waals surface area contributed by atoms with Gasteiger partial charge in [0.05, 0.1) is 5.56 Å². The van der Waals surface area contributed by atoms with E-state index in [1.807, 2.05) is 18.2 Å². The molecule has 1 aromatic rings. The van der Waals surface area contributed by atoms with Crippen LogP contribution in [0.2, 0.25) is 0 Å². The van der Waals surface area contributed by atoms with Gasteiger partial charge in [0, 0.05) is 14.1 Å². The first-order valence-electron chi connectivity index (χ1n) is 5.43. The Morgan fingerprint density at radius 1 is 1.38 bits per heavy atom. The van der Waals surface area contributed by atoms with Gasteiger partial charge >= 0.3 is 0 Å². The number of carbonyl (C=O) groups excluding carboxylic acids is 1. The van der Waals surface area contributed by atoms with Gasteiger partial charge in [-0.25, -0.2) is 0 Å². The van der Waals surface area contributed by atoms with E-state index >= 15 is 0 Å². The van der Waals surface area contributed by atoms with Gasteiger partial charge in [-0.1, -0.05) is 18.9 Å². The second-order valence-electron chi connectivity index (χ2n) is 4.06. The second kappa shape index (κ2) is 5.49. The summed E-state index contributed by atoms with van der Waals surface area (Å²) in [6.07, 6.45) is 4.72. The Hall–Kier alpha value is -0.100. The van der Waals surface area contributed by atoms with E-state index in [2.05, 4.69) is 43.8 Å². The molecule has 4 heteroatoms. The molecule has 0 atom stereocenters. The average Bonchev–Trinajstić information content (AvgIpc) is 2.74. The number of carbonyl (C=O) groups is 1. The van der Waals surface area contributed by atoms with Crippen LogP contribution >= 0.6 is 38.5 Å². The van der Waals surface area contributed by atoms with Gasteiger partial charge in [-0.05, 0) is 63.5 Å². The van der Waals surface area contributed by atoms with E-state index in [1.54, 1.807) is 0 Å². The molecule has 86 valence electrons. The first-order chi connectivity index (χ1) is 7.68. The lowest BCUT2D eigenvalue weighted by atomic mass is 10.2. The minimum atomic E-state index is 0.0533. The molecule has 0 radical (unpaired) electrons. The Balaban J connectivity index is 2.11. The van der Waals surface area contributed by atoms with Crippen molar-refractivity contribution in [3.8, 4) is 0 Å². The highest BCUT2D eigenvalue weighted by molar-refractivity contribution is 14.1. The highest BCUT2D eigenvalue weighted by Crippen LogP contribution is 2.23. The molecule has 1 fully saturated rings. The molecule has 1 amide bonds. The van der Waals surface area contributed by atoms with Crippen molar-refractivity contribution in [3.05, 3.63) is 31.8 Å². The Kier molecular flexibility index (Phi) is 4.24. The van der Waals surface area contributed by atoms with Crippen molar-refractivity contribution >= 4 is 44.4 Å². The van der Waals surface area contributed by atoms with Crippen LogP contribution in [0.15, 0.2) is 22.7 Å². The maximum Gasteiger partial charge on any atom is 0.252 e. The van der Waals surface area contributed by atoms with Gasteiger partial charge in [0.15, 0.2) is 0 Å². The van der Waals surface area contributed by atoms with Crippen molar-refractivity contribution < 1.29 is 4.79 Å². The molecule has 0 spiro atoms. The molecule has 0 unspecified atom stereocenters. The summed E-state index contributed by atoms with van der Waals surface area (Å²) in [5, 5.41) is 3.10. The Morgan fingerprint density at radius 3 is 2.75 bits per heavy atom. The Morgan fingerprint density at radius 2 is 2.06 bits per heavy atom. The van der Waals surface area contributed by atoms with Gasteiger partial charge in [-0.15, -0.1) is 0 Å². The molecule has 1 saturated carbocycles. The lowest BCUT2D eigenvalue weighted by Crippen LogP contribution is -2.33. The van der Waals surface area contributed by atoms with E-state index in [0.29, 0.717) is 6.04 Å². The summed E-state index contributed by atoms with van der Waals surface area (Å²) in [6.45, 7) is 0. The molecule has 16 heavy (non-hydrogen) atoms. The van der Waals surface area contributed by atoms with Gasteiger partial charge in [-0.2, -0.15) is 0 Å². The number of hydrogen-bond acceptors (Lipinski definition) is 1. The van der Waals surface area contributed by atoms with Crippen LogP contribution in [0, 0.1) is 3.57 Å². The zero-order valence-corrected chi connectivity index (χ0v) is 12.5. The first-order valence-corrected chi connectivity index (χ1v) is 7.30. The van der Waals surface area contributed by atoms with E-state index in [0.717, 1.165) is 26.4 Å². The third kappa shape index (κ3) is 2.77. The summed E-state index contributed by atoms with van der Waals surface area (Å²) in [4.78, 5) is 12.0. The smallest absolute Gasteiger partial charge is 0.252 e. The number of rotatable bonds is 2. The fraction of sp³-hybridized carbons (Fsp3) is 0.417. The van der Waals surface area contributed by atoms with Crippen molar-refractivity contribution in [2.45, 2.75) is 31.7 Å². The zero-order valence-electron chi connectivity index (χ0n) is 8.80. The number of hydrogen-bond donors (Lipinski definition) is 1. The Labute approximate surface area is 117 Å². The maximum absolute atomic E-state index is 12.0. The lowest BCUT2D eigenvalue weighted by Gasteiger charge is -2.13. The van der Waals surface area contributed by atoms with Gasteiger partial charge < -0.3 is 5.32 Å². The topological polar surface area (TPSA) is 29.1 Å². The van der Waals surface area contributed by atoms with Crippen LogP contribution in [0.1, 0.15) is 36.0 Å². The summed E-state index contributed by atoms with van der Waals surface area (Å²) < 4.78 is 1.96. The van der Waals surface area contributed by atoms with E-state index in [-0.39, 0.29) is 5.91 Å². The lowest BCUT2D eigenvalue weighted by molar-refractivity contribution is 0.0937. The van der Waals surface area contributed by atoms with Crippen molar-refractivity contribution in [2.24, 2.45) is 0 Å². The maximum atomic E-state index is 12.0. The molecule has 2 nitrogen and oxygen atoms in total. The average molecular weight is 394 g/mol. The third-order valence-electron chi connectivity index (χ3n) is 2.89. The molecule has 0 aromatic heterocycles. The molecule has 2 rings (SSSR count). The molecule has 1 aliphatic carbocycles. The molecule has 1 aliphatic rings. The van der Waals surface area contributed by atoms with Crippen molar-refractivity contribution in [3.63, 3.8) is 0 Å².